The van der Waals surface area contributed by atoms with Crippen molar-refractivity contribution in [3.63, 3.8) is 0 Å². The summed E-state index contributed by atoms with van der Waals surface area (Å²) in [5, 5.41) is 2.95. The Morgan fingerprint density at radius 1 is 1.40 bits per heavy atom. The van der Waals surface area contributed by atoms with Crippen LogP contribution in [0.1, 0.15) is 46.0 Å². The van der Waals surface area contributed by atoms with Gasteiger partial charge in [0, 0.05) is 5.41 Å². The van der Waals surface area contributed by atoms with Crippen molar-refractivity contribution in [2.75, 3.05) is 5.32 Å². The van der Waals surface area contributed by atoms with Crippen LogP contribution in [0.15, 0.2) is 15.4 Å². The Balaban J connectivity index is 2.16. The second-order valence-corrected chi connectivity index (χ2v) is 7.44. The fourth-order valence-electron chi connectivity index (χ4n) is 3.03. The molecule has 1 saturated carbocycles. The van der Waals surface area contributed by atoms with E-state index in [1.807, 2.05) is 0 Å². The smallest absolute Gasteiger partial charge is 0.231 e. The van der Waals surface area contributed by atoms with E-state index >= 15 is 0 Å². The van der Waals surface area contributed by atoms with Crippen LogP contribution in [0, 0.1) is 11.3 Å². The standard InChI is InChI=1S/C14H19Br2N3O/c1-9(2)7-14(5-3-4-6-14)13(20)19-12-11(16)18-10(15)8-17-12/h8-9H,3-7H2,1-2H3,(H,17,19,20). The Labute approximate surface area is 136 Å². The largest absolute Gasteiger partial charge is 0.308 e. The fraction of sp³-hybridized carbons (Fsp3) is 0.643. The molecule has 1 N–H and O–H groups in total. The number of carbonyl (C=O) groups is 1. The van der Waals surface area contributed by atoms with Gasteiger partial charge in [-0.25, -0.2) is 9.97 Å². The summed E-state index contributed by atoms with van der Waals surface area (Å²) in [6.07, 6.45) is 6.72. The maximum atomic E-state index is 12.7. The third kappa shape index (κ3) is 3.58. The fourth-order valence-corrected chi connectivity index (χ4v) is 3.94. The molecule has 1 aromatic heterocycles. The molecule has 1 amide bonds. The number of rotatable bonds is 4. The van der Waals surface area contributed by atoms with E-state index in [-0.39, 0.29) is 11.3 Å². The molecule has 1 heterocycles. The van der Waals surface area contributed by atoms with Crippen molar-refractivity contribution in [1.29, 1.82) is 0 Å². The molecule has 6 heteroatoms. The summed E-state index contributed by atoms with van der Waals surface area (Å²) >= 11 is 6.59. The van der Waals surface area contributed by atoms with Gasteiger partial charge in [-0.3, -0.25) is 4.79 Å². The molecule has 1 aliphatic carbocycles. The van der Waals surface area contributed by atoms with Crippen molar-refractivity contribution in [3.8, 4) is 0 Å². The monoisotopic (exact) mass is 403 g/mol. The topological polar surface area (TPSA) is 54.9 Å². The number of amides is 1. The van der Waals surface area contributed by atoms with Crippen LogP contribution < -0.4 is 5.32 Å². The van der Waals surface area contributed by atoms with Crippen molar-refractivity contribution in [1.82, 2.24) is 9.97 Å². The highest BCUT2D eigenvalue weighted by atomic mass is 79.9. The predicted octanol–water partition coefficient (Wildman–Crippen LogP) is 4.55. The molecule has 0 aliphatic heterocycles. The molecule has 0 unspecified atom stereocenters. The second kappa shape index (κ2) is 6.52. The van der Waals surface area contributed by atoms with Crippen LogP contribution in [-0.2, 0) is 4.79 Å². The van der Waals surface area contributed by atoms with Crippen molar-refractivity contribution >= 4 is 43.6 Å². The number of nitrogens with zero attached hydrogens (tertiary/aromatic N) is 2. The van der Waals surface area contributed by atoms with E-state index in [0.717, 1.165) is 32.1 Å². The molecule has 1 aromatic rings. The van der Waals surface area contributed by atoms with Gasteiger partial charge in [0.1, 0.15) is 9.21 Å². The highest BCUT2D eigenvalue weighted by Crippen LogP contribution is 2.44. The van der Waals surface area contributed by atoms with Crippen molar-refractivity contribution in [2.24, 2.45) is 11.3 Å². The molecule has 0 saturated heterocycles. The second-order valence-electron chi connectivity index (χ2n) is 5.87. The molecular formula is C14H19Br2N3O. The lowest BCUT2D eigenvalue weighted by Crippen LogP contribution is -2.35. The van der Waals surface area contributed by atoms with E-state index < -0.39 is 0 Å². The quantitative estimate of drug-likeness (QED) is 0.800. The first-order valence-corrected chi connectivity index (χ1v) is 8.51. The molecule has 0 radical (unpaired) electrons. The number of aromatic nitrogens is 2. The van der Waals surface area contributed by atoms with Crippen LogP contribution in [0.2, 0.25) is 0 Å². The Kier molecular flexibility index (Phi) is 5.18. The maximum Gasteiger partial charge on any atom is 0.231 e. The Morgan fingerprint density at radius 2 is 2.05 bits per heavy atom. The summed E-state index contributed by atoms with van der Waals surface area (Å²) < 4.78 is 1.19. The molecule has 110 valence electrons. The zero-order valence-corrected chi connectivity index (χ0v) is 14.9. The van der Waals surface area contributed by atoms with E-state index in [1.54, 1.807) is 6.20 Å². The van der Waals surface area contributed by atoms with Gasteiger partial charge in [-0.15, -0.1) is 0 Å². The first-order chi connectivity index (χ1) is 9.43. The number of anilines is 1. The van der Waals surface area contributed by atoms with Crippen LogP contribution in [0.4, 0.5) is 5.82 Å². The summed E-state index contributed by atoms with van der Waals surface area (Å²) in [5.41, 5.74) is -0.234. The molecule has 2 rings (SSSR count). The average molecular weight is 405 g/mol. The zero-order valence-electron chi connectivity index (χ0n) is 11.7. The van der Waals surface area contributed by atoms with Gasteiger partial charge in [0.15, 0.2) is 5.82 Å². The van der Waals surface area contributed by atoms with Crippen molar-refractivity contribution in [2.45, 2.75) is 46.0 Å². The Morgan fingerprint density at radius 3 is 2.60 bits per heavy atom. The van der Waals surface area contributed by atoms with Crippen molar-refractivity contribution in [3.05, 3.63) is 15.4 Å². The number of nitrogens with one attached hydrogen (secondary N) is 1. The van der Waals surface area contributed by atoms with Crippen LogP contribution in [0.25, 0.3) is 0 Å². The van der Waals surface area contributed by atoms with Crippen LogP contribution in [-0.4, -0.2) is 15.9 Å². The minimum atomic E-state index is -0.234. The lowest BCUT2D eigenvalue weighted by Gasteiger charge is -2.29. The number of hydrogen-bond acceptors (Lipinski definition) is 3. The van der Waals surface area contributed by atoms with E-state index in [9.17, 15) is 4.79 Å². The molecule has 4 nitrogen and oxygen atoms in total. The molecule has 1 aliphatic rings. The SMILES string of the molecule is CC(C)CC1(C(=O)Nc2ncc(Br)nc2Br)CCCC1. The highest BCUT2D eigenvalue weighted by Gasteiger charge is 2.41. The number of halogens is 2. The van der Waals surface area contributed by atoms with Gasteiger partial charge >= 0.3 is 0 Å². The molecule has 1 fully saturated rings. The van der Waals surface area contributed by atoms with Gasteiger partial charge in [0.05, 0.1) is 6.20 Å². The predicted molar refractivity (Wildman–Crippen MR) is 86.4 cm³/mol. The third-order valence-electron chi connectivity index (χ3n) is 3.77. The minimum Gasteiger partial charge on any atom is -0.308 e. The van der Waals surface area contributed by atoms with Gasteiger partial charge in [-0.2, -0.15) is 0 Å². The lowest BCUT2D eigenvalue weighted by atomic mass is 9.77. The molecule has 0 atom stereocenters. The Bertz CT molecular complexity index is 499. The van der Waals surface area contributed by atoms with E-state index in [4.69, 9.17) is 0 Å². The van der Waals surface area contributed by atoms with E-state index in [1.165, 1.54) is 0 Å². The molecule has 0 bridgehead atoms. The number of hydrogen-bond donors (Lipinski definition) is 1. The Hall–Kier alpha value is -0.490. The number of carbonyl (C=O) groups excluding carboxylic acids is 1. The maximum absolute atomic E-state index is 12.7. The van der Waals surface area contributed by atoms with Crippen LogP contribution in [0.5, 0.6) is 0 Å². The molecule has 0 spiro atoms. The average Bonchev–Trinajstić information content (AvgIpc) is 2.81. The summed E-state index contributed by atoms with van der Waals surface area (Å²) in [7, 11) is 0. The van der Waals surface area contributed by atoms with Gasteiger partial charge in [-0.05, 0) is 57.0 Å². The van der Waals surface area contributed by atoms with E-state index in [2.05, 4.69) is 61.0 Å². The molecule has 0 aromatic carbocycles. The van der Waals surface area contributed by atoms with Gasteiger partial charge in [-0.1, -0.05) is 26.7 Å². The van der Waals surface area contributed by atoms with Crippen molar-refractivity contribution < 1.29 is 4.79 Å². The molecule has 20 heavy (non-hydrogen) atoms. The molecular weight excluding hydrogens is 386 g/mol. The normalized spacial score (nSPS) is 17.4. The summed E-state index contributed by atoms with van der Waals surface area (Å²) in [6, 6.07) is 0. The van der Waals surface area contributed by atoms with E-state index in [0.29, 0.717) is 20.9 Å². The highest BCUT2D eigenvalue weighted by molar-refractivity contribution is 9.11. The summed E-state index contributed by atoms with van der Waals surface area (Å²) in [6.45, 7) is 4.34. The lowest BCUT2D eigenvalue weighted by molar-refractivity contribution is -0.126. The van der Waals surface area contributed by atoms with Gasteiger partial charge in [0.25, 0.3) is 0 Å². The first-order valence-electron chi connectivity index (χ1n) is 6.92. The first kappa shape index (κ1) is 15.9. The summed E-state index contributed by atoms with van der Waals surface area (Å²) in [5.74, 6) is 1.09. The zero-order chi connectivity index (χ0) is 14.8. The summed E-state index contributed by atoms with van der Waals surface area (Å²) in [4.78, 5) is 21.1. The minimum absolute atomic E-state index is 0.0843. The third-order valence-corrected chi connectivity index (χ3v) is 4.71. The van der Waals surface area contributed by atoms with Crippen LogP contribution >= 0.6 is 31.9 Å². The van der Waals surface area contributed by atoms with Crippen LogP contribution in [0.3, 0.4) is 0 Å². The van der Waals surface area contributed by atoms with Gasteiger partial charge in [0.2, 0.25) is 5.91 Å². The van der Waals surface area contributed by atoms with Gasteiger partial charge < -0.3 is 5.32 Å².